The zero-order valence-corrected chi connectivity index (χ0v) is 11.2. The zero-order chi connectivity index (χ0) is 13.8. The maximum atomic E-state index is 13.7. The summed E-state index contributed by atoms with van der Waals surface area (Å²) in [7, 11) is 0. The highest BCUT2D eigenvalue weighted by Gasteiger charge is 2.13. The van der Waals surface area contributed by atoms with Crippen molar-refractivity contribution >= 4 is 5.78 Å². The number of carbonyl (C=O) groups excluding carboxylic acids is 1. The van der Waals surface area contributed by atoms with Crippen molar-refractivity contribution in [1.29, 1.82) is 0 Å². The summed E-state index contributed by atoms with van der Waals surface area (Å²) >= 11 is 0. The Hall–Kier alpha value is -1.96. The molecule has 0 aliphatic heterocycles. The summed E-state index contributed by atoms with van der Waals surface area (Å²) in [6, 6.07) is 12.0. The minimum atomic E-state index is -0.465. The summed E-state index contributed by atoms with van der Waals surface area (Å²) in [6.45, 7) is 3.96. The quantitative estimate of drug-likeness (QED) is 0.745. The van der Waals surface area contributed by atoms with Gasteiger partial charge in [0.1, 0.15) is 5.82 Å². The van der Waals surface area contributed by atoms with E-state index in [2.05, 4.69) is 6.92 Å². The number of aryl methyl sites for hydroxylation is 2. The number of hydrogen-bond donors (Lipinski definition) is 0. The van der Waals surface area contributed by atoms with Crippen LogP contribution in [0, 0.1) is 12.7 Å². The molecule has 0 aliphatic rings. The molecule has 0 heterocycles. The molecule has 2 aromatic carbocycles. The Morgan fingerprint density at radius 2 is 1.79 bits per heavy atom. The van der Waals surface area contributed by atoms with Crippen LogP contribution in [0.25, 0.3) is 0 Å². The van der Waals surface area contributed by atoms with Gasteiger partial charge in [0, 0.05) is 5.56 Å². The van der Waals surface area contributed by atoms with Gasteiger partial charge in [-0.15, -0.1) is 0 Å². The van der Waals surface area contributed by atoms with Crippen molar-refractivity contribution in [2.45, 2.75) is 26.7 Å². The molecule has 0 aliphatic carbocycles. The highest BCUT2D eigenvalue weighted by molar-refractivity contribution is 6.09. The summed E-state index contributed by atoms with van der Waals surface area (Å²) in [6.07, 6.45) is 2.06. The van der Waals surface area contributed by atoms with Crippen LogP contribution in [0.2, 0.25) is 0 Å². The van der Waals surface area contributed by atoms with E-state index >= 15 is 0 Å². The predicted octanol–water partition coefficient (Wildman–Crippen LogP) is 4.32. The molecule has 0 amide bonds. The molecule has 0 spiro atoms. The number of ketones is 1. The number of rotatable bonds is 4. The second kappa shape index (κ2) is 5.79. The Balaban J connectivity index is 2.30. The molecule has 98 valence electrons. The van der Waals surface area contributed by atoms with Crippen molar-refractivity contribution in [3.63, 3.8) is 0 Å². The Morgan fingerprint density at radius 1 is 1.11 bits per heavy atom. The van der Waals surface area contributed by atoms with Crippen LogP contribution in [0.15, 0.2) is 42.5 Å². The Labute approximate surface area is 113 Å². The Morgan fingerprint density at radius 3 is 2.42 bits per heavy atom. The third-order valence-electron chi connectivity index (χ3n) is 3.12. The molecule has 2 rings (SSSR count). The van der Waals surface area contributed by atoms with Crippen LogP contribution in [0.1, 0.15) is 40.4 Å². The lowest BCUT2D eigenvalue weighted by atomic mass is 9.99. The van der Waals surface area contributed by atoms with Crippen LogP contribution < -0.4 is 0 Å². The maximum absolute atomic E-state index is 13.7. The smallest absolute Gasteiger partial charge is 0.195 e. The van der Waals surface area contributed by atoms with Gasteiger partial charge in [-0.1, -0.05) is 49.2 Å². The second-order valence-corrected chi connectivity index (χ2v) is 4.76. The number of halogens is 1. The molecule has 0 saturated carbocycles. The van der Waals surface area contributed by atoms with Gasteiger partial charge in [-0.25, -0.2) is 4.39 Å². The van der Waals surface area contributed by atoms with E-state index in [0.717, 1.165) is 18.4 Å². The number of hydrogen-bond acceptors (Lipinski definition) is 1. The van der Waals surface area contributed by atoms with Crippen molar-refractivity contribution < 1.29 is 9.18 Å². The van der Waals surface area contributed by atoms with Crippen molar-refractivity contribution in [2.75, 3.05) is 0 Å². The maximum Gasteiger partial charge on any atom is 0.195 e. The van der Waals surface area contributed by atoms with Crippen LogP contribution in [0.3, 0.4) is 0 Å². The topological polar surface area (TPSA) is 17.1 Å². The number of benzene rings is 2. The predicted molar refractivity (Wildman–Crippen MR) is 75.0 cm³/mol. The van der Waals surface area contributed by atoms with Crippen LogP contribution in [0.5, 0.6) is 0 Å². The molecule has 0 aromatic heterocycles. The third kappa shape index (κ3) is 3.08. The van der Waals surface area contributed by atoms with E-state index in [0.29, 0.717) is 5.56 Å². The van der Waals surface area contributed by atoms with E-state index in [1.165, 1.54) is 11.6 Å². The summed E-state index contributed by atoms with van der Waals surface area (Å²) in [5, 5.41) is 0. The molecule has 0 bridgehead atoms. The molecule has 19 heavy (non-hydrogen) atoms. The normalized spacial score (nSPS) is 10.5. The first-order valence-corrected chi connectivity index (χ1v) is 6.51. The lowest BCUT2D eigenvalue weighted by molar-refractivity contribution is 0.103. The lowest BCUT2D eigenvalue weighted by Gasteiger charge is -2.05. The monoisotopic (exact) mass is 256 g/mol. The molecule has 0 unspecified atom stereocenters. The standard InChI is InChI=1S/C17H17FO/c1-3-4-13-6-8-14(9-7-13)17(19)15-11-12(2)5-10-16(15)18/h5-11H,3-4H2,1-2H3. The van der Waals surface area contributed by atoms with Gasteiger partial charge in [-0.2, -0.15) is 0 Å². The van der Waals surface area contributed by atoms with Gasteiger partial charge >= 0.3 is 0 Å². The van der Waals surface area contributed by atoms with Gasteiger partial charge in [0.25, 0.3) is 0 Å². The van der Waals surface area contributed by atoms with Gasteiger partial charge in [0.2, 0.25) is 0 Å². The summed E-state index contributed by atoms with van der Waals surface area (Å²) < 4.78 is 13.7. The largest absolute Gasteiger partial charge is 0.288 e. The summed E-state index contributed by atoms with van der Waals surface area (Å²) in [5.74, 6) is -0.725. The molecule has 1 nitrogen and oxygen atoms in total. The molecular formula is C17H17FO. The molecule has 2 heteroatoms. The molecule has 0 fully saturated rings. The fraction of sp³-hybridized carbons (Fsp3) is 0.235. The summed E-state index contributed by atoms with van der Waals surface area (Å²) in [5.41, 5.74) is 2.75. The first-order chi connectivity index (χ1) is 9.11. The minimum Gasteiger partial charge on any atom is -0.288 e. The Kier molecular flexibility index (Phi) is 4.10. The fourth-order valence-corrected chi connectivity index (χ4v) is 2.08. The molecule has 0 saturated heterocycles. The van der Waals surface area contributed by atoms with Gasteiger partial charge in [0.15, 0.2) is 5.78 Å². The molecule has 0 radical (unpaired) electrons. The van der Waals surface area contributed by atoms with E-state index in [9.17, 15) is 9.18 Å². The molecular weight excluding hydrogens is 239 g/mol. The second-order valence-electron chi connectivity index (χ2n) is 4.76. The van der Waals surface area contributed by atoms with Crippen LogP contribution in [0.4, 0.5) is 4.39 Å². The average molecular weight is 256 g/mol. The first kappa shape index (κ1) is 13.5. The average Bonchev–Trinajstić information content (AvgIpc) is 2.42. The van der Waals surface area contributed by atoms with E-state index in [1.807, 2.05) is 19.1 Å². The van der Waals surface area contributed by atoms with Crippen LogP contribution in [-0.4, -0.2) is 5.78 Å². The van der Waals surface area contributed by atoms with Crippen molar-refractivity contribution in [1.82, 2.24) is 0 Å². The van der Waals surface area contributed by atoms with E-state index < -0.39 is 5.82 Å². The molecule has 0 atom stereocenters. The highest BCUT2D eigenvalue weighted by Crippen LogP contribution is 2.16. The van der Waals surface area contributed by atoms with E-state index in [1.54, 1.807) is 24.3 Å². The van der Waals surface area contributed by atoms with Crippen LogP contribution >= 0.6 is 0 Å². The van der Waals surface area contributed by atoms with Gasteiger partial charge in [0.05, 0.1) is 5.56 Å². The van der Waals surface area contributed by atoms with E-state index in [-0.39, 0.29) is 11.3 Å². The number of carbonyl (C=O) groups is 1. The molecule has 2 aromatic rings. The third-order valence-corrected chi connectivity index (χ3v) is 3.12. The molecule has 0 N–H and O–H groups in total. The van der Waals surface area contributed by atoms with Crippen LogP contribution in [-0.2, 0) is 6.42 Å². The Bertz CT molecular complexity index is 585. The summed E-state index contributed by atoms with van der Waals surface area (Å²) in [4.78, 5) is 12.2. The zero-order valence-electron chi connectivity index (χ0n) is 11.2. The van der Waals surface area contributed by atoms with Crippen molar-refractivity contribution in [2.24, 2.45) is 0 Å². The van der Waals surface area contributed by atoms with Gasteiger partial charge in [-0.3, -0.25) is 4.79 Å². The van der Waals surface area contributed by atoms with E-state index in [4.69, 9.17) is 0 Å². The highest BCUT2D eigenvalue weighted by atomic mass is 19.1. The van der Waals surface area contributed by atoms with Gasteiger partial charge < -0.3 is 0 Å². The van der Waals surface area contributed by atoms with Crippen molar-refractivity contribution in [3.05, 3.63) is 70.5 Å². The minimum absolute atomic E-state index is 0.142. The van der Waals surface area contributed by atoms with Gasteiger partial charge in [-0.05, 0) is 31.0 Å². The SMILES string of the molecule is CCCc1ccc(C(=O)c2cc(C)ccc2F)cc1. The first-order valence-electron chi connectivity index (χ1n) is 6.51. The fourth-order valence-electron chi connectivity index (χ4n) is 2.08. The van der Waals surface area contributed by atoms with Crippen molar-refractivity contribution in [3.8, 4) is 0 Å². The lowest BCUT2D eigenvalue weighted by Crippen LogP contribution is -2.04.